The first-order valence-electron chi connectivity index (χ1n) is 6.20. The summed E-state index contributed by atoms with van der Waals surface area (Å²) in [7, 11) is 0. The van der Waals surface area contributed by atoms with E-state index in [2.05, 4.69) is 25.5 Å². The topological polar surface area (TPSA) is 59.2 Å². The minimum Gasteiger partial charge on any atom is -0.355 e. The monoisotopic (exact) mass is 230 g/mol. The Labute approximate surface area is 98.6 Å². The number of rotatable bonds is 1. The summed E-state index contributed by atoms with van der Waals surface area (Å²) in [6.07, 6.45) is 4.17. The average Bonchev–Trinajstić information content (AvgIpc) is 3.02. The quantitative estimate of drug-likeness (QED) is 0.723. The summed E-state index contributed by atoms with van der Waals surface area (Å²) in [5, 5.41) is 15.8. The highest BCUT2D eigenvalue weighted by Crippen LogP contribution is 2.38. The van der Waals surface area contributed by atoms with Crippen LogP contribution in [0.4, 0.5) is 5.82 Å². The van der Waals surface area contributed by atoms with Gasteiger partial charge in [0.15, 0.2) is 11.5 Å². The van der Waals surface area contributed by atoms with Gasteiger partial charge in [-0.1, -0.05) is 6.42 Å². The lowest BCUT2D eigenvalue weighted by Crippen LogP contribution is -2.22. The Morgan fingerprint density at radius 3 is 2.76 bits per heavy atom. The van der Waals surface area contributed by atoms with Crippen molar-refractivity contribution in [2.24, 2.45) is 11.8 Å². The Kier molecular flexibility index (Phi) is 1.86. The minimum absolute atomic E-state index is 0.702. The molecule has 0 spiro atoms. The van der Waals surface area contributed by atoms with Crippen molar-refractivity contribution in [1.29, 1.82) is 0 Å². The highest BCUT2D eigenvalue weighted by Gasteiger charge is 2.36. The minimum atomic E-state index is 0.702. The van der Waals surface area contributed by atoms with Crippen LogP contribution < -0.4 is 4.90 Å². The van der Waals surface area contributed by atoms with Gasteiger partial charge in [-0.15, -0.1) is 14.8 Å². The molecule has 4 rings (SSSR count). The van der Waals surface area contributed by atoms with E-state index in [-0.39, 0.29) is 0 Å². The van der Waals surface area contributed by atoms with E-state index in [4.69, 9.17) is 0 Å². The largest absolute Gasteiger partial charge is 0.355 e. The number of nitrogens with zero attached hydrogens (tertiary/aromatic N) is 6. The molecule has 0 aromatic carbocycles. The number of fused-ring (bicyclic) bond motifs is 2. The normalized spacial score (nSPS) is 27.9. The lowest BCUT2D eigenvalue weighted by Gasteiger charge is -2.17. The standard InChI is InChI=1S/C11H14N6/c1-2-8-6-16(7-9(8)3-1)11-5-4-10-12-14-15-17(10)13-11/h4-5,8-9H,1-3,6-7H2. The van der Waals surface area contributed by atoms with Crippen molar-refractivity contribution in [3.63, 3.8) is 0 Å². The van der Waals surface area contributed by atoms with E-state index in [0.717, 1.165) is 30.7 Å². The van der Waals surface area contributed by atoms with Crippen LogP contribution in [0.25, 0.3) is 5.65 Å². The second-order valence-electron chi connectivity index (χ2n) is 5.07. The van der Waals surface area contributed by atoms with E-state index >= 15 is 0 Å². The second kappa shape index (κ2) is 3.38. The molecule has 0 radical (unpaired) electrons. The van der Waals surface area contributed by atoms with Crippen LogP contribution in [-0.2, 0) is 0 Å². The Hall–Kier alpha value is -1.72. The summed E-state index contributed by atoms with van der Waals surface area (Å²) >= 11 is 0. The Bertz CT molecular complexity index is 538. The smallest absolute Gasteiger partial charge is 0.200 e. The molecule has 2 fully saturated rings. The predicted molar refractivity (Wildman–Crippen MR) is 61.6 cm³/mol. The van der Waals surface area contributed by atoms with Gasteiger partial charge in [-0.2, -0.15) is 0 Å². The number of anilines is 1. The van der Waals surface area contributed by atoms with Crippen molar-refractivity contribution in [1.82, 2.24) is 25.3 Å². The molecular formula is C11H14N6. The Morgan fingerprint density at radius 2 is 1.94 bits per heavy atom. The third kappa shape index (κ3) is 1.40. The molecule has 3 heterocycles. The molecule has 0 bridgehead atoms. The van der Waals surface area contributed by atoms with Crippen LogP contribution in [0.15, 0.2) is 12.1 Å². The molecule has 0 N–H and O–H groups in total. The van der Waals surface area contributed by atoms with Crippen LogP contribution in [0.3, 0.4) is 0 Å². The molecule has 6 heteroatoms. The van der Waals surface area contributed by atoms with Crippen LogP contribution in [0.1, 0.15) is 19.3 Å². The molecule has 1 aliphatic heterocycles. The molecule has 2 aliphatic rings. The molecule has 88 valence electrons. The molecular weight excluding hydrogens is 216 g/mol. The van der Waals surface area contributed by atoms with E-state index in [9.17, 15) is 0 Å². The third-order valence-electron chi connectivity index (χ3n) is 4.11. The average molecular weight is 230 g/mol. The molecule has 6 nitrogen and oxygen atoms in total. The summed E-state index contributed by atoms with van der Waals surface area (Å²) < 4.78 is 1.50. The molecule has 1 saturated heterocycles. The zero-order chi connectivity index (χ0) is 11.2. The fourth-order valence-electron chi connectivity index (χ4n) is 3.23. The van der Waals surface area contributed by atoms with Gasteiger partial charge in [0.05, 0.1) is 0 Å². The Morgan fingerprint density at radius 1 is 1.12 bits per heavy atom. The van der Waals surface area contributed by atoms with E-state index in [1.165, 1.54) is 23.9 Å². The van der Waals surface area contributed by atoms with Gasteiger partial charge in [0.1, 0.15) is 0 Å². The zero-order valence-electron chi connectivity index (χ0n) is 9.53. The van der Waals surface area contributed by atoms with Gasteiger partial charge in [0.2, 0.25) is 0 Å². The Balaban J connectivity index is 1.66. The van der Waals surface area contributed by atoms with Crippen LogP contribution in [0, 0.1) is 11.8 Å². The molecule has 17 heavy (non-hydrogen) atoms. The first kappa shape index (κ1) is 9.32. The molecule has 2 aromatic heterocycles. The maximum absolute atomic E-state index is 4.45. The van der Waals surface area contributed by atoms with Crippen molar-refractivity contribution in [2.45, 2.75) is 19.3 Å². The number of tetrazole rings is 1. The maximum atomic E-state index is 4.45. The molecule has 2 atom stereocenters. The number of aromatic nitrogens is 5. The van der Waals surface area contributed by atoms with Crippen LogP contribution in [-0.4, -0.2) is 38.3 Å². The fourth-order valence-corrected chi connectivity index (χ4v) is 3.23. The predicted octanol–water partition coefficient (Wildman–Crippen LogP) is 0.756. The highest BCUT2D eigenvalue weighted by molar-refractivity contribution is 5.45. The van der Waals surface area contributed by atoms with Crippen molar-refractivity contribution >= 4 is 11.5 Å². The van der Waals surface area contributed by atoms with E-state index in [0.29, 0.717) is 5.65 Å². The highest BCUT2D eigenvalue weighted by atomic mass is 15.6. The van der Waals surface area contributed by atoms with Gasteiger partial charge in [-0.3, -0.25) is 0 Å². The van der Waals surface area contributed by atoms with Crippen LogP contribution in [0.2, 0.25) is 0 Å². The molecule has 2 unspecified atom stereocenters. The van der Waals surface area contributed by atoms with Gasteiger partial charge >= 0.3 is 0 Å². The van der Waals surface area contributed by atoms with Gasteiger partial charge in [-0.05, 0) is 47.2 Å². The molecule has 1 saturated carbocycles. The van der Waals surface area contributed by atoms with Gasteiger partial charge in [0, 0.05) is 13.1 Å². The summed E-state index contributed by atoms with van der Waals surface area (Å²) in [6, 6.07) is 3.95. The maximum Gasteiger partial charge on any atom is 0.200 e. The zero-order valence-corrected chi connectivity index (χ0v) is 9.53. The molecule has 2 aromatic rings. The van der Waals surface area contributed by atoms with Crippen molar-refractivity contribution in [2.75, 3.05) is 18.0 Å². The third-order valence-corrected chi connectivity index (χ3v) is 4.11. The van der Waals surface area contributed by atoms with E-state index in [1.54, 1.807) is 0 Å². The second-order valence-corrected chi connectivity index (χ2v) is 5.07. The van der Waals surface area contributed by atoms with Crippen LogP contribution >= 0.6 is 0 Å². The van der Waals surface area contributed by atoms with Crippen molar-refractivity contribution < 1.29 is 0 Å². The van der Waals surface area contributed by atoms with Gasteiger partial charge in [0.25, 0.3) is 0 Å². The molecule has 0 amide bonds. The van der Waals surface area contributed by atoms with Gasteiger partial charge in [-0.25, -0.2) is 0 Å². The molecule has 1 aliphatic carbocycles. The first-order chi connectivity index (χ1) is 8.40. The lowest BCUT2D eigenvalue weighted by molar-refractivity contribution is 0.494. The lowest BCUT2D eigenvalue weighted by atomic mass is 10.0. The van der Waals surface area contributed by atoms with Crippen LogP contribution in [0.5, 0.6) is 0 Å². The van der Waals surface area contributed by atoms with E-state index < -0.39 is 0 Å². The number of hydrogen-bond acceptors (Lipinski definition) is 5. The SMILES string of the molecule is c1cc2nnnn2nc1N1CC2CCCC2C1. The summed E-state index contributed by atoms with van der Waals surface area (Å²) in [5.74, 6) is 2.75. The summed E-state index contributed by atoms with van der Waals surface area (Å²) in [6.45, 7) is 2.29. The summed E-state index contributed by atoms with van der Waals surface area (Å²) in [5.41, 5.74) is 0.702. The van der Waals surface area contributed by atoms with Gasteiger partial charge < -0.3 is 4.90 Å². The van der Waals surface area contributed by atoms with E-state index in [1.807, 2.05) is 12.1 Å². The van der Waals surface area contributed by atoms with Crippen molar-refractivity contribution in [3.05, 3.63) is 12.1 Å². The number of hydrogen-bond donors (Lipinski definition) is 0. The summed E-state index contributed by atoms with van der Waals surface area (Å²) in [4.78, 5) is 2.37. The van der Waals surface area contributed by atoms with Crippen molar-refractivity contribution in [3.8, 4) is 0 Å². The fraction of sp³-hybridized carbons (Fsp3) is 0.636. The first-order valence-corrected chi connectivity index (χ1v) is 6.20.